The van der Waals surface area contributed by atoms with E-state index in [4.69, 9.17) is 11.6 Å². The molecule has 1 aromatic heterocycles. The fourth-order valence-corrected chi connectivity index (χ4v) is 4.37. The molecule has 1 unspecified atom stereocenters. The molecule has 0 aliphatic rings. The minimum absolute atomic E-state index is 0.179. The Hall–Kier alpha value is -1.71. The smallest absolute Gasteiger partial charge is 0.0945 e. The third kappa shape index (κ3) is 5.88. The number of rotatable bonds is 7. The molecule has 3 rings (SSSR count). The van der Waals surface area contributed by atoms with Gasteiger partial charge in [-0.05, 0) is 53.6 Å². The molecule has 2 nitrogen and oxygen atoms in total. The maximum atomic E-state index is 6.05. The van der Waals surface area contributed by atoms with Gasteiger partial charge in [0.1, 0.15) is 0 Å². The second-order valence-corrected chi connectivity index (χ2v) is 9.59. The first-order chi connectivity index (χ1) is 12.9. The molecular formula is C23H27ClN2S. The average molecular weight is 399 g/mol. The molecule has 0 amide bonds. The van der Waals surface area contributed by atoms with E-state index in [1.807, 2.05) is 42.6 Å². The summed E-state index contributed by atoms with van der Waals surface area (Å²) in [5, 5.41) is 1.20. The minimum atomic E-state index is 0.179. The van der Waals surface area contributed by atoms with Gasteiger partial charge in [0.25, 0.3) is 0 Å². The van der Waals surface area contributed by atoms with E-state index in [9.17, 15) is 0 Å². The Morgan fingerprint density at radius 1 is 1.04 bits per heavy atom. The number of thioether (sulfide) groups is 1. The van der Waals surface area contributed by atoms with Crippen LogP contribution in [0.4, 0.5) is 0 Å². The second-order valence-electron chi connectivity index (χ2n) is 7.88. The van der Waals surface area contributed by atoms with Crippen LogP contribution < -0.4 is 0 Å². The Balaban J connectivity index is 1.74. The third-order valence-electron chi connectivity index (χ3n) is 4.68. The van der Waals surface area contributed by atoms with E-state index >= 15 is 0 Å². The highest BCUT2D eigenvalue weighted by Gasteiger charge is 2.17. The van der Waals surface area contributed by atoms with Crippen LogP contribution in [0.25, 0.3) is 0 Å². The van der Waals surface area contributed by atoms with E-state index in [2.05, 4.69) is 66.7 Å². The zero-order chi connectivity index (χ0) is 19.3. The topological polar surface area (TPSA) is 17.8 Å². The van der Waals surface area contributed by atoms with E-state index in [0.717, 1.165) is 24.4 Å². The van der Waals surface area contributed by atoms with Crippen molar-refractivity contribution in [2.75, 3.05) is 0 Å². The molecule has 2 aromatic carbocycles. The van der Waals surface area contributed by atoms with Crippen molar-refractivity contribution in [1.29, 1.82) is 0 Å². The van der Waals surface area contributed by atoms with Crippen LogP contribution in [0.5, 0.6) is 0 Å². The Morgan fingerprint density at radius 3 is 2.33 bits per heavy atom. The highest BCUT2D eigenvalue weighted by atomic mass is 35.5. The van der Waals surface area contributed by atoms with Crippen LogP contribution >= 0.6 is 23.4 Å². The van der Waals surface area contributed by atoms with Crippen molar-refractivity contribution in [3.05, 3.63) is 83.4 Å². The van der Waals surface area contributed by atoms with Crippen LogP contribution in [-0.2, 0) is 12.0 Å². The molecule has 0 saturated heterocycles. The number of halogens is 1. The lowest BCUT2D eigenvalue weighted by Crippen LogP contribution is -2.11. The van der Waals surface area contributed by atoms with Crippen LogP contribution in [-0.4, -0.2) is 9.55 Å². The van der Waals surface area contributed by atoms with Gasteiger partial charge in [-0.1, -0.05) is 56.6 Å². The van der Waals surface area contributed by atoms with Crippen LogP contribution in [0.15, 0.2) is 72.1 Å². The predicted molar refractivity (Wildman–Crippen MR) is 117 cm³/mol. The number of nitrogens with zero attached hydrogens (tertiary/aromatic N) is 2. The highest BCUT2D eigenvalue weighted by Crippen LogP contribution is 2.39. The van der Waals surface area contributed by atoms with Crippen molar-refractivity contribution in [3.63, 3.8) is 0 Å². The summed E-state index contributed by atoms with van der Waals surface area (Å²) in [5.74, 6) is 0. The SMILES string of the molecule is CC(C)(C)c1ccc(C(CCCn2ccnc2)Sc2ccc(Cl)cc2)cc1. The molecule has 0 saturated carbocycles. The quantitative estimate of drug-likeness (QED) is 0.393. The standard InChI is InChI=1S/C23H27ClN2S/c1-23(2,3)19-8-6-18(7-9-19)22(5-4-15-26-16-14-25-17-26)27-21-12-10-20(24)11-13-21/h6-14,16-17,22H,4-5,15H2,1-3H3. The zero-order valence-electron chi connectivity index (χ0n) is 16.2. The summed E-state index contributed by atoms with van der Waals surface area (Å²) in [6, 6.07) is 17.3. The molecule has 4 heteroatoms. The fourth-order valence-electron chi connectivity index (χ4n) is 3.05. The average Bonchev–Trinajstić information content (AvgIpc) is 3.15. The number of imidazole rings is 1. The Labute approximate surface area is 172 Å². The molecule has 1 atom stereocenters. The summed E-state index contributed by atoms with van der Waals surface area (Å²) >= 11 is 7.97. The van der Waals surface area contributed by atoms with Gasteiger partial charge in [-0.3, -0.25) is 0 Å². The number of hydrogen-bond acceptors (Lipinski definition) is 2. The summed E-state index contributed by atoms with van der Waals surface area (Å²) in [6.45, 7) is 7.77. The van der Waals surface area contributed by atoms with Crippen molar-refractivity contribution >= 4 is 23.4 Å². The first-order valence-electron chi connectivity index (χ1n) is 9.40. The number of aromatic nitrogens is 2. The first kappa shape index (κ1) is 20.0. The highest BCUT2D eigenvalue weighted by molar-refractivity contribution is 7.99. The maximum absolute atomic E-state index is 6.05. The molecule has 0 fully saturated rings. The van der Waals surface area contributed by atoms with E-state index in [-0.39, 0.29) is 5.41 Å². The Kier molecular flexibility index (Phi) is 6.67. The van der Waals surface area contributed by atoms with Crippen molar-refractivity contribution in [2.45, 2.75) is 55.7 Å². The summed E-state index contributed by atoms with van der Waals surface area (Å²) in [5.41, 5.74) is 2.94. The fraction of sp³-hybridized carbons (Fsp3) is 0.348. The Morgan fingerprint density at radius 2 is 1.74 bits per heavy atom. The molecule has 1 heterocycles. The van der Waals surface area contributed by atoms with E-state index in [0.29, 0.717) is 5.25 Å². The van der Waals surface area contributed by atoms with E-state index in [1.165, 1.54) is 16.0 Å². The summed E-state index contributed by atoms with van der Waals surface area (Å²) in [6.07, 6.45) is 7.98. The van der Waals surface area contributed by atoms with Gasteiger partial charge < -0.3 is 4.57 Å². The molecule has 27 heavy (non-hydrogen) atoms. The summed E-state index contributed by atoms with van der Waals surface area (Å²) < 4.78 is 2.15. The number of aryl methyl sites for hydroxylation is 1. The van der Waals surface area contributed by atoms with Crippen molar-refractivity contribution in [2.24, 2.45) is 0 Å². The van der Waals surface area contributed by atoms with Crippen molar-refractivity contribution in [1.82, 2.24) is 9.55 Å². The van der Waals surface area contributed by atoms with Gasteiger partial charge in [-0.25, -0.2) is 4.98 Å². The molecule has 0 aliphatic heterocycles. The summed E-state index contributed by atoms with van der Waals surface area (Å²) in [7, 11) is 0. The molecular weight excluding hydrogens is 372 g/mol. The van der Waals surface area contributed by atoms with Gasteiger partial charge in [0.15, 0.2) is 0 Å². The normalized spacial score (nSPS) is 12.9. The van der Waals surface area contributed by atoms with Gasteiger partial charge in [0.2, 0.25) is 0 Å². The van der Waals surface area contributed by atoms with Crippen LogP contribution in [0, 0.1) is 0 Å². The largest absolute Gasteiger partial charge is 0.337 e. The maximum Gasteiger partial charge on any atom is 0.0945 e. The van der Waals surface area contributed by atoms with Crippen LogP contribution in [0.3, 0.4) is 0 Å². The number of hydrogen-bond donors (Lipinski definition) is 0. The van der Waals surface area contributed by atoms with E-state index in [1.54, 1.807) is 0 Å². The molecule has 0 aliphatic carbocycles. The third-order valence-corrected chi connectivity index (χ3v) is 6.27. The first-order valence-corrected chi connectivity index (χ1v) is 10.7. The lowest BCUT2D eigenvalue weighted by atomic mass is 9.86. The second kappa shape index (κ2) is 8.99. The minimum Gasteiger partial charge on any atom is -0.337 e. The van der Waals surface area contributed by atoms with Crippen LogP contribution in [0.2, 0.25) is 5.02 Å². The lowest BCUT2D eigenvalue weighted by molar-refractivity contribution is 0.588. The predicted octanol–water partition coefficient (Wildman–Crippen LogP) is 7.15. The van der Waals surface area contributed by atoms with Crippen molar-refractivity contribution < 1.29 is 0 Å². The van der Waals surface area contributed by atoms with Gasteiger partial charge in [-0.15, -0.1) is 11.8 Å². The van der Waals surface area contributed by atoms with Gasteiger partial charge in [0, 0.05) is 34.1 Å². The lowest BCUT2D eigenvalue weighted by Gasteiger charge is -2.22. The zero-order valence-corrected chi connectivity index (χ0v) is 17.8. The van der Waals surface area contributed by atoms with Gasteiger partial charge in [0.05, 0.1) is 6.33 Å². The monoisotopic (exact) mass is 398 g/mol. The molecule has 0 N–H and O–H groups in total. The number of benzene rings is 2. The van der Waals surface area contributed by atoms with E-state index < -0.39 is 0 Å². The molecule has 0 radical (unpaired) electrons. The van der Waals surface area contributed by atoms with Crippen molar-refractivity contribution in [3.8, 4) is 0 Å². The molecule has 0 bridgehead atoms. The van der Waals surface area contributed by atoms with Gasteiger partial charge in [-0.2, -0.15) is 0 Å². The molecule has 3 aromatic rings. The Bertz CT molecular complexity index is 818. The molecule has 142 valence electrons. The van der Waals surface area contributed by atoms with Crippen LogP contribution in [0.1, 0.15) is 50.0 Å². The summed E-state index contributed by atoms with van der Waals surface area (Å²) in [4.78, 5) is 5.39. The van der Waals surface area contributed by atoms with Gasteiger partial charge >= 0.3 is 0 Å². The molecule has 0 spiro atoms.